The Morgan fingerprint density at radius 1 is 1.20 bits per heavy atom. The maximum atomic E-state index is 14.2. The van der Waals surface area contributed by atoms with Gasteiger partial charge in [-0.1, -0.05) is 18.2 Å². The number of nitrogens with zero attached hydrogens (tertiary/aromatic N) is 2. The summed E-state index contributed by atoms with van der Waals surface area (Å²) < 4.78 is 40.7. The van der Waals surface area contributed by atoms with Gasteiger partial charge in [0.15, 0.2) is 0 Å². The van der Waals surface area contributed by atoms with Crippen molar-refractivity contribution in [3.8, 4) is 0 Å². The predicted molar refractivity (Wildman–Crippen MR) is 96.8 cm³/mol. The van der Waals surface area contributed by atoms with E-state index >= 15 is 0 Å². The number of hydrogen-bond acceptors (Lipinski definition) is 5. The molecule has 1 amide bonds. The van der Waals surface area contributed by atoms with Crippen molar-refractivity contribution in [1.29, 1.82) is 0 Å². The van der Waals surface area contributed by atoms with Crippen LogP contribution in [0.5, 0.6) is 0 Å². The molecule has 0 unspecified atom stereocenters. The van der Waals surface area contributed by atoms with E-state index in [2.05, 4.69) is 5.32 Å². The summed E-state index contributed by atoms with van der Waals surface area (Å²) in [5.74, 6) is -1.20. The number of sulfonamides is 1. The van der Waals surface area contributed by atoms with E-state index in [1.807, 2.05) is 19.0 Å². The third-order valence-corrected chi connectivity index (χ3v) is 6.46. The van der Waals surface area contributed by atoms with Crippen molar-refractivity contribution < 1.29 is 17.6 Å². The zero-order valence-electron chi connectivity index (χ0n) is 14.0. The van der Waals surface area contributed by atoms with Crippen LogP contribution in [0.15, 0.2) is 46.0 Å². The summed E-state index contributed by atoms with van der Waals surface area (Å²) in [6.45, 7) is 0.494. The molecule has 0 bridgehead atoms. The van der Waals surface area contributed by atoms with Crippen molar-refractivity contribution in [3.63, 3.8) is 0 Å². The number of likely N-dealkylation sites (N-methyl/N-ethyl adjacent to an activating group) is 1. The SMILES string of the molecule is CN(C)CCNC(=O)CN(c1ccccc1F)S(=O)(=O)c1cccs1. The van der Waals surface area contributed by atoms with Crippen LogP contribution in [0.3, 0.4) is 0 Å². The zero-order chi connectivity index (χ0) is 18.4. The van der Waals surface area contributed by atoms with Crippen LogP contribution in [0.2, 0.25) is 0 Å². The molecule has 1 N–H and O–H groups in total. The van der Waals surface area contributed by atoms with Gasteiger partial charge >= 0.3 is 0 Å². The van der Waals surface area contributed by atoms with Crippen molar-refractivity contribution in [2.75, 3.05) is 38.0 Å². The molecular weight excluding hydrogens is 365 g/mol. The lowest BCUT2D eigenvalue weighted by Crippen LogP contribution is -2.42. The second kappa shape index (κ2) is 8.41. The standard InChI is InChI=1S/C16H20FN3O3S2/c1-19(2)10-9-18-15(21)12-20(14-7-4-3-6-13(14)17)25(22,23)16-8-5-11-24-16/h3-8,11H,9-10,12H2,1-2H3,(H,18,21). The summed E-state index contributed by atoms with van der Waals surface area (Å²) in [6.07, 6.45) is 0. The topological polar surface area (TPSA) is 69.7 Å². The number of halogens is 1. The molecule has 2 rings (SSSR count). The van der Waals surface area contributed by atoms with E-state index < -0.39 is 28.3 Å². The van der Waals surface area contributed by atoms with Gasteiger partial charge in [0.1, 0.15) is 16.6 Å². The quantitative estimate of drug-likeness (QED) is 0.752. The molecule has 0 aliphatic rings. The molecule has 0 saturated heterocycles. The molecule has 1 aromatic heterocycles. The highest BCUT2D eigenvalue weighted by molar-refractivity contribution is 7.94. The van der Waals surface area contributed by atoms with Crippen molar-refractivity contribution in [1.82, 2.24) is 10.2 Å². The fourth-order valence-corrected chi connectivity index (χ4v) is 4.61. The van der Waals surface area contributed by atoms with E-state index in [1.54, 1.807) is 11.4 Å². The summed E-state index contributed by atoms with van der Waals surface area (Å²) in [6, 6.07) is 8.51. The van der Waals surface area contributed by atoms with Crippen LogP contribution in [0, 0.1) is 5.82 Å². The molecule has 1 heterocycles. The number of para-hydroxylation sites is 1. The molecule has 9 heteroatoms. The zero-order valence-corrected chi connectivity index (χ0v) is 15.6. The second-order valence-corrected chi connectivity index (χ2v) is 8.59. The summed E-state index contributed by atoms with van der Waals surface area (Å²) in [5.41, 5.74) is -0.154. The highest BCUT2D eigenvalue weighted by Crippen LogP contribution is 2.28. The number of nitrogens with one attached hydrogen (secondary N) is 1. The first-order valence-corrected chi connectivity index (χ1v) is 9.86. The number of amides is 1. The van der Waals surface area contributed by atoms with Crippen LogP contribution in [0.1, 0.15) is 0 Å². The van der Waals surface area contributed by atoms with E-state index in [0.717, 1.165) is 21.7 Å². The van der Waals surface area contributed by atoms with E-state index in [1.165, 1.54) is 24.3 Å². The van der Waals surface area contributed by atoms with Crippen molar-refractivity contribution in [3.05, 3.63) is 47.6 Å². The first-order valence-electron chi connectivity index (χ1n) is 7.54. The smallest absolute Gasteiger partial charge is 0.274 e. The maximum Gasteiger partial charge on any atom is 0.274 e. The predicted octanol–water partition coefficient (Wildman–Crippen LogP) is 1.76. The Bertz CT molecular complexity index is 808. The van der Waals surface area contributed by atoms with Gasteiger partial charge in [-0.2, -0.15) is 0 Å². The van der Waals surface area contributed by atoms with E-state index in [0.29, 0.717) is 13.1 Å². The minimum absolute atomic E-state index is 0.0526. The molecule has 6 nitrogen and oxygen atoms in total. The van der Waals surface area contributed by atoms with Gasteiger partial charge in [0.2, 0.25) is 5.91 Å². The molecule has 136 valence electrons. The Hall–Kier alpha value is -1.97. The Morgan fingerprint density at radius 3 is 2.52 bits per heavy atom. The number of rotatable bonds is 8. The van der Waals surface area contributed by atoms with E-state index in [-0.39, 0.29) is 9.90 Å². The highest BCUT2D eigenvalue weighted by Gasteiger charge is 2.29. The fourth-order valence-electron chi connectivity index (χ4n) is 2.08. The van der Waals surface area contributed by atoms with E-state index in [9.17, 15) is 17.6 Å². The molecule has 1 aromatic carbocycles. The second-order valence-electron chi connectivity index (χ2n) is 5.55. The molecule has 0 atom stereocenters. The van der Waals surface area contributed by atoms with Crippen LogP contribution in [-0.2, 0) is 14.8 Å². The lowest BCUT2D eigenvalue weighted by atomic mass is 10.3. The molecule has 0 spiro atoms. The molecular formula is C16H20FN3O3S2. The lowest BCUT2D eigenvalue weighted by molar-refractivity contribution is -0.119. The molecule has 0 radical (unpaired) electrons. The van der Waals surface area contributed by atoms with Crippen LogP contribution in [-0.4, -0.2) is 53.0 Å². The number of carbonyl (C=O) groups excluding carboxylic acids is 1. The molecule has 2 aromatic rings. The van der Waals surface area contributed by atoms with Gasteiger partial charge in [-0.05, 0) is 37.7 Å². The summed E-state index contributed by atoms with van der Waals surface area (Å²) in [5, 5.41) is 4.26. The monoisotopic (exact) mass is 385 g/mol. The normalized spacial score (nSPS) is 11.5. The van der Waals surface area contributed by atoms with Crippen LogP contribution >= 0.6 is 11.3 Å². The van der Waals surface area contributed by atoms with Gasteiger partial charge in [0.25, 0.3) is 10.0 Å². The van der Waals surface area contributed by atoms with Crippen LogP contribution in [0.4, 0.5) is 10.1 Å². The molecule has 0 saturated carbocycles. The Labute approximate surface area is 150 Å². The van der Waals surface area contributed by atoms with Gasteiger partial charge in [-0.15, -0.1) is 11.3 Å². The summed E-state index contributed by atoms with van der Waals surface area (Å²) in [7, 11) is -0.309. The molecule has 25 heavy (non-hydrogen) atoms. The minimum atomic E-state index is -4.03. The van der Waals surface area contributed by atoms with Crippen molar-refractivity contribution >= 4 is 33.0 Å². The average Bonchev–Trinajstić information content (AvgIpc) is 3.08. The van der Waals surface area contributed by atoms with Gasteiger partial charge in [0.05, 0.1) is 5.69 Å². The van der Waals surface area contributed by atoms with E-state index in [4.69, 9.17) is 0 Å². The molecule has 0 aliphatic heterocycles. The summed E-state index contributed by atoms with van der Waals surface area (Å²) in [4.78, 5) is 14.1. The number of hydrogen-bond donors (Lipinski definition) is 1. The Balaban J connectivity index is 2.28. The average molecular weight is 385 g/mol. The fraction of sp³-hybridized carbons (Fsp3) is 0.312. The number of benzene rings is 1. The van der Waals surface area contributed by atoms with Gasteiger partial charge in [0, 0.05) is 13.1 Å². The molecule has 0 fully saturated rings. The first kappa shape index (κ1) is 19.4. The molecule has 0 aliphatic carbocycles. The number of thiophene rings is 1. The van der Waals surface area contributed by atoms with Crippen molar-refractivity contribution in [2.24, 2.45) is 0 Å². The first-order chi connectivity index (χ1) is 11.8. The van der Waals surface area contributed by atoms with Crippen LogP contribution < -0.4 is 9.62 Å². The minimum Gasteiger partial charge on any atom is -0.353 e. The Morgan fingerprint density at radius 2 is 1.92 bits per heavy atom. The van der Waals surface area contributed by atoms with Gasteiger partial charge in [-0.25, -0.2) is 12.8 Å². The number of carbonyl (C=O) groups is 1. The lowest BCUT2D eigenvalue weighted by Gasteiger charge is -2.23. The third-order valence-electron chi connectivity index (χ3n) is 3.33. The van der Waals surface area contributed by atoms with Crippen LogP contribution in [0.25, 0.3) is 0 Å². The number of anilines is 1. The third kappa shape index (κ3) is 5.00. The Kier molecular flexibility index (Phi) is 6.51. The highest BCUT2D eigenvalue weighted by atomic mass is 32.2. The summed E-state index contributed by atoms with van der Waals surface area (Å²) >= 11 is 1.02. The van der Waals surface area contributed by atoms with Crippen molar-refractivity contribution in [2.45, 2.75) is 4.21 Å². The van der Waals surface area contributed by atoms with Gasteiger partial charge in [-0.3, -0.25) is 9.10 Å². The van der Waals surface area contributed by atoms with Gasteiger partial charge < -0.3 is 10.2 Å². The largest absolute Gasteiger partial charge is 0.353 e. The maximum absolute atomic E-state index is 14.2.